The second kappa shape index (κ2) is 7.97. The van der Waals surface area contributed by atoms with Crippen molar-refractivity contribution in [2.24, 2.45) is 0 Å². The third-order valence-corrected chi connectivity index (χ3v) is 4.33. The van der Waals surface area contributed by atoms with Gasteiger partial charge in [-0.15, -0.1) is 0 Å². The lowest BCUT2D eigenvalue weighted by molar-refractivity contribution is -0.121. The maximum atomic E-state index is 13.1. The first-order valence-electron chi connectivity index (χ1n) is 8.75. The van der Waals surface area contributed by atoms with Crippen LogP contribution < -0.4 is 5.32 Å². The molecule has 1 heterocycles. The molecule has 3 nitrogen and oxygen atoms in total. The van der Waals surface area contributed by atoms with Crippen LogP contribution in [0.1, 0.15) is 30.9 Å². The molecule has 3 rings (SSSR count). The van der Waals surface area contributed by atoms with Crippen molar-refractivity contribution in [3.8, 4) is 0 Å². The Kier molecular flexibility index (Phi) is 5.49. The number of benzene rings is 2. The molecule has 0 atom stereocenters. The zero-order valence-electron chi connectivity index (χ0n) is 14.5. The topological polar surface area (TPSA) is 34.0 Å². The van der Waals surface area contributed by atoms with E-state index in [1.807, 2.05) is 31.2 Å². The molecule has 130 valence electrons. The molecule has 3 aromatic rings. The van der Waals surface area contributed by atoms with Crippen LogP contribution >= 0.6 is 0 Å². The Morgan fingerprint density at radius 1 is 1.12 bits per heavy atom. The number of halogens is 1. The Hall–Kier alpha value is -2.62. The normalized spacial score (nSPS) is 11.0. The van der Waals surface area contributed by atoms with Gasteiger partial charge in [0.05, 0.1) is 0 Å². The van der Waals surface area contributed by atoms with E-state index in [4.69, 9.17) is 0 Å². The van der Waals surface area contributed by atoms with Gasteiger partial charge in [0.2, 0.25) is 5.91 Å². The summed E-state index contributed by atoms with van der Waals surface area (Å²) in [5, 5.41) is 4.10. The summed E-state index contributed by atoms with van der Waals surface area (Å²) in [6.45, 7) is 3.46. The SMILES string of the molecule is CCCNC(=O)CCc1cn(Cc2ccc(F)cc2)c2ccccc12. The number of carbonyl (C=O) groups excluding carboxylic acids is 1. The van der Waals surface area contributed by atoms with Gasteiger partial charge in [0, 0.05) is 36.6 Å². The molecule has 0 spiro atoms. The van der Waals surface area contributed by atoms with Crippen LogP contribution in [0.4, 0.5) is 4.39 Å². The highest BCUT2D eigenvalue weighted by Crippen LogP contribution is 2.23. The van der Waals surface area contributed by atoms with Crippen molar-refractivity contribution in [2.75, 3.05) is 6.54 Å². The molecule has 0 aliphatic rings. The number of carbonyl (C=O) groups is 1. The zero-order chi connectivity index (χ0) is 17.6. The fourth-order valence-corrected chi connectivity index (χ4v) is 3.04. The van der Waals surface area contributed by atoms with Crippen LogP contribution in [0.15, 0.2) is 54.7 Å². The van der Waals surface area contributed by atoms with Crippen LogP contribution in [0.2, 0.25) is 0 Å². The second-order valence-electron chi connectivity index (χ2n) is 6.28. The van der Waals surface area contributed by atoms with Crippen LogP contribution in [0.25, 0.3) is 10.9 Å². The predicted octanol–water partition coefficient (Wildman–Crippen LogP) is 4.29. The Morgan fingerprint density at radius 2 is 1.88 bits per heavy atom. The lowest BCUT2D eigenvalue weighted by Gasteiger charge is -2.05. The zero-order valence-corrected chi connectivity index (χ0v) is 14.5. The van der Waals surface area contributed by atoms with Gasteiger partial charge in [0.1, 0.15) is 5.82 Å². The molecule has 0 aliphatic carbocycles. The van der Waals surface area contributed by atoms with E-state index in [0.29, 0.717) is 19.4 Å². The van der Waals surface area contributed by atoms with Crippen LogP contribution in [0.5, 0.6) is 0 Å². The highest BCUT2D eigenvalue weighted by molar-refractivity contribution is 5.85. The maximum absolute atomic E-state index is 13.1. The molecule has 0 aliphatic heterocycles. The first kappa shape index (κ1) is 17.2. The van der Waals surface area contributed by atoms with Gasteiger partial charge in [-0.3, -0.25) is 4.79 Å². The summed E-state index contributed by atoms with van der Waals surface area (Å²) in [5.41, 5.74) is 3.36. The summed E-state index contributed by atoms with van der Waals surface area (Å²) in [6.07, 6.45) is 4.26. The fraction of sp³-hybridized carbons (Fsp3) is 0.286. The van der Waals surface area contributed by atoms with E-state index in [-0.39, 0.29) is 11.7 Å². The number of aromatic nitrogens is 1. The number of fused-ring (bicyclic) bond motifs is 1. The first-order valence-corrected chi connectivity index (χ1v) is 8.75. The van der Waals surface area contributed by atoms with Crippen LogP contribution in [-0.4, -0.2) is 17.0 Å². The third-order valence-electron chi connectivity index (χ3n) is 4.33. The number of amides is 1. The lowest BCUT2D eigenvalue weighted by atomic mass is 10.1. The van der Waals surface area contributed by atoms with Crippen molar-refractivity contribution in [3.05, 3.63) is 71.7 Å². The fourth-order valence-electron chi connectivity index (χ4n) is 3.04. The molecule has 1 N–H and O–H groups in total. The summed E-state index contributed by atoms with van der Waals surface area (Å²) in [7, 11) is 0. The molecular weight excluding hydrogens is 315 g/mol. The maximum Gasteiger partial charge on any atom is 0.220 e. The van der Waals surface area contributed by atoms with Gasteiger partial charge in [-0.05, 0) is 42.2 Å². The number of aryl methyl sites for hydroxylation is 1. The molecule has 0 saturated carbocycles. The van der Waals surface area contributed by atoms with Crippen LogP contribution in [0.3, 0.4) is 0 Å². The van der Waals surface area contributed by atoms with Gasteiger partial charge in [-0.2, -0.15) is 0 Å². The molecule has 0 saturated heterocycles. The molecule has 0 radical (unpaired) electrons. The van der Waals surface area contributed by atoms with Crippen molar-refractivity contribution in [3.63, 3.8) is 0 Å². The molecule has 0 fully saturated rings. The molecule has 25 heavy (non-hydrogen) atoms. The standard InChI is InChI=1S/C21H23FN2O/c1-2-13-23-21(25)12-9-17-15-24(20-6-4-3-5-19(17)20)14-16-7-10-18(22)11-8-16/h3-8,10-11,15H,2,9,12-14H2,1H3,(H,23,25). The number of para-hydroxylation sites is 1. The Bertz CT molecular complexity index is 852. The minimum absolute atomic E-state index is 0.0946. The summed E-state index contributed by atoms with van der Waals surface area (Å²) < 4.78 is 15.3. The number of hydrogen-bond donors (Lipinski definition) is 1. The molecule has 1 aromatic heterocycles. The van der Waals surface area contributed by atoms with Gasteiger partial charge in [-0.1, -0.05) is 37.3 Å². The van der Waals surface area contributed by atoms with Crippen molar-refractivity contribution >= 4 is 16.8 Å². The van der Waals surface area contributed by atoms with Crippen LogP contribution in [-0.2, 0) is 17.8 Å². The molecule has 1 amide bonds. The highest BCUT2D eigenvalue weighted by atomic mass is 19.1. The summed E-state index contributed by atoms with van der Waals surface area (Å²) in [4.78, 5) is 11.9. The average molecular weight is 338 g/mol. The molecule has 0 unspecified atom stereocenters. The van der Waals surface area contributed by atoms with Gasteiger partial charge in [0.25, 0.3) is 0 Å². The van der Waals surface area contributed by atoms with Crippen molar-refractivity contribution in [1.29, 1.82) is 0 Å². The van der Waals surface area contributed by atoms with Crippen molar-refractivity contribution in [2.45, 2.75) is 32.7 Å². The van der Waals surface area contributed by atoms with Crippen molar-refractivity contribution < 1.29 is 9.18 Å². The van der Waals surface area contributed by atoms with E-state index < -0.39 is 0 Å². The Balaban J connectivity index is 1.80. The Morgan fingerprint density at radius 3 is 2.64 bits per heavy atom. The number of hydrogen-bond acceptors (Lipinski definition) is 1. The number of rotatable bonds is 7. The smallest absolute Gasteiger partial charge is 0.220 e. The Labute approximate surface area is 147 Å². The van der Waals surface area contributed by atoms with E-state index >= 15 is 0 Å². The van der Waals surface area contributed by atoms with Gasteiger partial charge >= 0.3 is 0 Å². The number of nitrogens with one attached hydrogen (secondary N) is 1. The lowest BCUT2D eigenvalue weighted by Crippen LogP contribution is -2.24. The van der Waals surface area contributed by atoms with E-state index in [0.717, 1.165) is 24.0 Å². The van der Waals surface area contributed by atoms with E-state index in [9.17, 15) is 9.18 Å². The average Bonchev–Trinajstić information content (AvgIpc) is 2.98. The minimum Gasteiger partial charge on any atom is -0.356 e. The van der Waals surface area contributed by atoms with Gasteiger partial charge < -0.3 is 9.88 Å². The van der Waals surface area contributed by atoms with Crippen LogP contribution in [0, 0.1) is 5.82 Å². The monoisotopic (exact) mass is 338 g/mol. The first-order chi connectivity index (χ1) is 12.2. The quantitative estimate of drug-likeness (QED) is 0.685. The third kappa shape index (κ3) is 4.27. The molecular formula is C21H23FN2O. The number of nitrogens with zero attached hydrogens (tertiary/aromatic N) is 1. The van der Waals surface area contributed by atoms with E-state index in [2.05, 4.69) is 28.2 Å². The molecule has 0 bridgehead atoms. The van der Waals surface area contributed by atoms with Gasteiger partial charge in [0.15, 0.2) is 0 Å². The minimum atomic E-state index is -0.222. The summed E-state index contributed by atoms with van der Waals surface area (Å²) in [6, 6.07) is 14.8. The largest absolute Gasteiger partial charge is 0.356 e. The second-order valence-corrected chi connectivity index (χ2v) is 6.28. The summed E-state index contributed by atoms with van der Waals surface area (Å²) in [5.74, 6) is -0.128. The molecule has 2 aromatic carbocycles. The van der Waals surface area contributed by atoms with E-state index in [1.54, 1.807) is 0 Å². The van der Waals surface area contributed by atoms with E-state index in [1.165, 1.54) is 23.1 Å². The summed E-state index contributed by atoms with van der Waals surface area (Å²) >= 11 is 0. The van der Waals surface area contributed by atoms with Gasteiger partial charge in [-0.25, -0.2) is 4.39 Å². The highest BCUT2D eigenvalue weighted by Gasteiger charge is 2.10. The van der Waals surface area contributed by atoms with Crippen molar-refractivity contribution in [1.82, 2.24) is 9.88 Å². The predicted molar refractivity (Wildman–Crippen MR) is 99.1 cm³/mol. The molecule has 4 heteroatoms.